The van der Waals surface area contributed by atoms with Gasteiger partial charge in [0.25, 0.3) is 0 Å². The average molecular weight is 313 g/mol. The Hall–Kier alpha value is -1.65. The van der Waals surface area contributed by atoms with E-state index in [0.29, 0.717) is 4.90 Å². The molecule has 0 radical (unpaired) electrons. The lowest BCUT2D eigenvalue weighted by Gasteiger charge is -2.15. The zero-order chi connectivity index (χ0) is 15.2. The SMILES string of the molecule is O=S(=O)(NC1CCc2ccccc21)c1ccc2c(c1)CCC2. The van der Waals surface area contributed by atoms with Crippen LogP contribution in [0.25, 0.3) is 0 Å². The molecule has 0 saturated heterocycles. The number of sulfonamides is 1. The van der Waals surface area contributed by atoms with Crippen LogP contribution in [0.15, 0.2) is 47.4 Å². The largest absolute Gasteiger partial charge is 0.241 e. The molecule has 0 saturated carbocycles. The highest BCUT2D eigenvalue weighted by molar-refractivity contribution is 7.89. The average Bonchev–Trinajstić information content (AvgIpc) is 3.13. The Morgan fingerprint density at radius 3 is 2.64 bits per heavy atom. The minimum absolute atomic E-state index is 0.102. The molecule has 1 unspecified atom stereocenters. The summed E-state index contributed by atoms with van der Waals surface area (Å²) in [6.07, 6.45) is 4.96. The summed E-state index contributed by atoms with van der Waals surface area (Å²) in [6, 6.07) is 13.6. The van der Waals surface area contributed by atoms with Gasteiger partial charge in [-0.3, -0.25) is 0 Å². The van der Waals surface area contributed by atoms with Crippen LogP contribution < -0.4 is 4.72 Å². The molecular formula is C18H19NO2S. The van der Waals surface area contributed by atoms with E-state index in [1.54, 1.807) is 6.07 Å². The molecular weight excluding hydrogens is 294 g/mol. The van der Waals surface area contributed by atoms with Gasteiger partial charge in [-0.25, -0.2) is 13.1 Å². The van der Waals surface area contributed by atoms with Gasteiger partial charge in [-0.15, -0.1) is 0 Å². The van der Waals surface area contributed by atoms with E-state index in [1.807, 2.05) is 30.3 Å². The summed E-state index contributed by atoms with van der Waals surface area (Å²) in [4.78, 5) is 0.400. The van der Waals surface area contributed by atoms with Gasteiger partial charge < -0.3 is 0 Å². The van der Waals surface area contributed by atoms with Crippen LogP contribution in [-0.4, -0.2) is 8.42 Å². The van der Waals surface area contributed by atoms with E-state index in [4.69, 9.17) is 0 Å². The van der Waals surface area contributed by atoms with Gasteiger partial charge in [0.05, 0.1) is 4.90 Å². The standard InChI is InChI=1S/C18H19NO2S/c20-22(21,16-10-8-13-5-3-6-15(13)12-16)19-18-11-9-14-4-1-2-7-17(14)18/h1-2,4,7-8,10,12,18-19H,3,5-6,9,11H2. The number of nitrogens with one attached hydrogen (secondary N) is 1. The van der Waals surface area contributed by atoms with Crippen LogP contribution in [0.1, 0.15) is 41.1 Å². The zero-order valence-electron chi connectivity index (χ0n) is 12.4. The van der Waals surface area contributed by atoms with E-state index < -0.39 is 10.0 Å². The molecule has 1 atom stereocenters. The van der Waals surface area contributed by atoms with Gasteiger partial charge in [0.2, 0.25) is 10.0 Å². The third kappa shape index (κ3) is 2.36. The zero-order valence-corrected chi connectivity index (χ0v) is 13.2. The Morgan fingerprint density at radius 1 is 0.909 bits per heavy atom. The first-order valence-corrected chi connectivity index (χ1v) is 9.34. The molecule has 22 heavy (non-hydrogen) atoms. The fourth-order valence-corrected chi connectivity index (χ4v) is 4.95. The number of rotatable bonds is 3. The maximum atomic E-state index is 12.7. The second-order valence-electron chi connectivity index (χ2n) is 6.20. The lowest BCUT2D eigenvalue weighted by atomic mass is 10.1. The predicted molar refractivity (Wildman–Crippen MR) is 86.3 cm³/mol. The van der Waals surface area contributed by atoms with E-state index in [9.17, 15) is 8.42 Å². The molecule has 0 fully saturated rings. The summed E-state index contributed by atoms with van der Waals surface area (Å²) in [5.74, 6) is 0. The Morgan fingerprint density at radius 2 is 1.73 bits per heavy atom. The minimum atomic E-state index is -3.46. The van der Waals surface area contributed by atoms with Crippen molar-refractivity contribution in [2.75, 3.05) is 0 Å². The third-order valence-corrected chi connectivity index (χ3v) is 6.28. The molecule has 0 heterocycles. The van der Waals surface area contributed by atoms with Crippen molar-refractivity contribution in [3.8, 4) is 0 Å². The van der Waals surface area contributed by atoms with Crippen molar-refractivity contribution in [3.05, 3.63) is 64.7 Å². The predicted octanol–water partition coefficient (Wildman–Crippen LogP) is 3.14. The molecule has 2 aromatic rings. The Kier molecular flexibility index (Phi) is 3.31. The molecule has 4 rings (SSSR count). The lowest BCUT2D eigenvalue weighted by molar-refractivity contribution is 0.554. The fourth-order valence-electron chi connectivity index (χ4n) is 3.65. The Labute approximate surface area is 131 Å². The lowest BCUT2D eigenvalue weighted by Crippen LogP contribution is -2.27. The highest BCUT2D eigenvalue weighted by Gasteiger charge is 2.27. The molecule has 4 heteroatoms. The van der Waals surface area contributed by atoms with Crippen LogP contribution in [0.2, 0.25) is 0 Å². The van der Waals surface area contributed by atoms with Crippen LogP contribution >= 0.6 is 0 Å². The molecule has 3 nitrogen and oxygen atoms in total. The van der Waals surface area contributed by atoms with Crippen molar-refractivity contribution in [2.24, 2.45) is 0 Å². The van der Waals surface area contributed by atoms with Crippen molar-refractivity contribution < 1.29 is 8.42 Å². The maximum Gasteiger partial charge on any atom is 0.241 e. The number of hydrogen-bond donors (Lipinski definition) is 1. The molecule has 2 aliphatic carbocycles. The van der Waals surface area contributed by atoms with Gasteiger partial charge in [0, 0.05) is 6.04 Å². The first kappa shape index (κ1) is 14.0. The third-order valence-electron chi connectivity index (χ3n) is 4.81. The Balaban J connectivity index is 1.63. The van der Waals surface area contributed by atoms with Gasteiger partial charge in [0.1, 0.15) is 0 Å². The van der Waals surface area contributed by atoms with Crippen LogP contribution in [0.4, 0.5) is 0 Å². The summed E-state index contributed by atoms with van der Waals surface area (Å²) in [6.45, 7) is 0. The molecule has 0 bridgehead atoms. The van der Waals surface area contributed by atoms with Crippen LogP contribution in [-0.2, 0) is 29.3 Å². The minimum Gasteiger partial charge on any atom is -0.207 e. The van der Waals surface area contributed by atoms with Crippen molar-refractivity contribution in [1.29, 1.82) is 0 Å². The van der Waals surface area contributed by atoms with Crippen molar-refractivity contribution in [3.63, 3.8) is 0 Å². The molecule has 2 aromatic carbocycles. The highest BCUT2D eigenvalue weighted by Crippen LogP contribution is 2.32. The summed E-state index contributed by atoms with van der Waals surface area (Å²) in [7, 11) is -3.46. The summed E-state index contributed by atoms with van der Waals surface area (Å²) < 4.78 is 28.3. The summed E-state index contributed by atoms with van der Waals surface area (Å²) in [5, 5.41) is 0. The molecule has 2 aliphatic rings. The number of hydrogen-bond acceptors (Lipinski definition) is 2. The first-order valence-electron chi connectivity index (χ1n) is 7.85. The van der Waals surface area contributed by atoms with Gasteiger partial charge in [0.15, 0.2) is 0 Å². The summed E-state index contributed by atoms with van der Waals surface area (Å²) >= 11 is 0. The second-order valence-corrected chi connectivity index (χ2v) is 7.91. The monoisotopic (exact) mass is 313 g/mol. The van der Waals surface area contributed by atoms with Crippen molar-refractivity contribution in [2.45, 2.75) is 43.0 Å². The van der Waals surface area contributed by atoms with Gasteiger partial charge >= 0.3 is 0 Å². The maximum absolute atomic E-state index is 12.7. The quantitative estimate of drug-likeness (QED) is 0.946. The van der Waals surface area contributed by atoms with Crippen molar-refractivity contribution >= 4 is 10.0 Å². The molecule has 1 N–H and O–H groups in total. The molecule has 0 aromatic heterocycles. The molecule has 114 valence electrons. The molecule has 0 aliphatic heterocycles. The van der Waals surface area contributed by atoms with Crippen LogP contribution in [0.5, 0.6) is 0 Å². The first-order chi connectivity index (χ1) is 10.6. The van der Waals surface area contributed by atoms with Crippen LogP contribution in [0.3, 0.4) is 0 Å². The smallest absolute Gasteiger partial charge is 0.207 e. The van der Waals surface area contributed by atoms with E-state index in [-0.39, 0.29) is 6.04 Å². The van der Waals surface area contributed by atoms with Crippen molar-refractivity contribution in [1.82, 2.24) is 4.72 Å². The normalized spacial score (nSPS) is 19.9. The van der Waals surface area contributed by atoms with Crippen LogP contribution in [0, 0.1) is 0 Å². The highest BCUT2D eigenvalue weighted by atomic mass is 32.2. The fraction of sp³-hybridized carbons (Fsp3) is 0.333. The number of benzene rings is 2. The van der Waals surface area contributed by atoms with E-state index in [1.165, 1.54) is 16.7 Å². The Bertz CT molecular complexity index is 827. The van der Waals surface area contributed by atoms with E-state index >= 15 is 0 Å². The van der Waals surface area contributed by atoms with Gasteiger partial charge in [-0.1, -0.05) is 30.3 Å². The molecule has 0 spiro atoms. The second kappa shape index (κ2) is 5.21. The van der Waals surface area contributed by atoms with Gasteiger partial charge in [-0.05, 0) is 66.5 Å². The molecule has 0 amide bonds. The number of fused-ring (bicyclic) bond motifs is 2. The topological polar surface area (TPSA) is 46.2 Å². The van der Waals surface area contributed by atoms with Gasteiger partial charge in [-0.2, -0.15) is 0 Å². The summed E-state index contributed by atoms with van der Waals surface area (Å²) in [5.41, 5.74) is 4.86. The van der Waals surface area contributed by atoms with E-state index in [2.05, 4.69) is 10.8 Å². The number of aryl methyl sites for hydroxylation is 3. The van der Waals surface area contributed by atoms with E-state index in [0.717, 1.165) is 37.7 Å².